The molecular weight excluding hydrogens is 216 g/mol. The predicted molar refractivity (Wildman–Crippen MR) is 65.3 cm³/mol. The molecule has 4 heteroatoms. The van der Waals surface area contributed by atoms with Crippen LogP contribution in [-0.4, -0.2) is 10.1 Å². The van der Waals surface area contributed by atoms with E-state index in [1.54, 1.807) is 12.3 Å². The quantitative estimate of drug-likeness (QED) is 0.839. The molecule has 0 atom stereocenters. The number of nitrogen functional groups attached to an aromatic ring is 1. The summed E-state index contributed by atoms with van der Waals surface area (Å²) in [5, 5.41) is 9.00. The topological polar surface area (TPSA) is 68.4 Å². The van der Waals surface area contributed by atoms with E-state index in [0.717, 1.165) is 16.9 Å². The number of aromatic nitrogens is 1. The third kappa shape index (κ3) is 3.19. The molecule has 0 unspecified atom stereocenters. The van der Waals surface area contributed by atoms with Gasteiger partial charge in [-0.3, -0.25) is 0 Å². The molecule has 2 rings (SSSR count). The summed E-state index contributed by atoms with van der Waals surface area (Å²) in [5.74, 6) is 1.23. The molecule has 0 aliphatic carbocycles. The Labute approximate surface area is 99.7 Å². The molecule has 0 aliphatic rings. The van der Waals surface area contributed by atoms with Crippen molar-refractivity contribution in [2.75, 3.05) is 5.73 Å². The van der Waals surface area contributed by atoms with Crippen LogP contribution in [0.2, 0.25) is 0 Å². The van der Waals surface area contributed by atoms with E-state index >= 15 is 0 Å². The van der Waals surface area contributed by atoms with Gasteiger partial charge < -0.3 is 15.6 Å². The van der Waals surface area contributed by atoms with Gasteiger partial charge in [0.2, 0.25) is 0 Å². The van der Waals surface area contributed by atoms with Crippen LogP contribution in [0, 0.1) is 0 Å². The lowest BCUT2D eigenvalue weighted by molar-refractivity contribution is 0.278. The molecule has 2 aromatic rings. The summed E-state index contributed by atoms with van der Waals surface area (Å²) in [5.41, 5.74) is 7.28. The largest absolute Gasteiger partial charge is 0.489 e. The standard InChI is InChI=1S/C13H14N2O2/c14-13-5-4-11(7-15-13)9-17-12-3-1-2-10(6-12)8-16/h1-7,16H,8-9H2,(H2,14,15). The molecule has 88 valence electrons. The monoisotopic (exact) mass is 230 g/mol. The first kappa shape index (κ1) is 11.4. The zero-order chi connectivity index (χ0) is 12.1. The number of pyridine rings is 1. The minimum absolute atomic E-state index is 0.0145. The summed E-state index contributed by atoms with van der Waals surface area (Å²) in [6.07, 6.45) is 1.69. The number of benzene rings is 1. The molecule has 0 bridgehead atoms. The van der Waals surface area contributed by atoms with E-state index in [1.807, 2.05) is 30.3 Å². The highest BCUT2D eigenvalue weighted by molar-refractivity contribution is 5.30. The fourth-order valence-corrected chi connectivity index (χ4v) is 1.42. The number of nitrogens with two attached hydrogens (primary N) is 1. The summed E-state index contributed by atoms with van der Waals surface area (Å²) in [7, 11) is 0. The first-order valence-electron chi connectivity index (χ1n) is 5.31. The predicted octanol–water partition coefficient (Wildman–Crippen LogP) is 1.74. The number of rotatable bonds is 4. The van der Waals surface area contributed by atoms with Crippen molar-refractivity contribution in [2.45, 2.75) is 13.2 Å². The van der Waals surface area contributed by atoms with Crippen molar-refractivity contribution in [3.8, 4) is 5.75 Å². The third-order valence-electron chi connectivity index (χ3n) is 2.33. The van der Waals surface area contributed by atoms with Crippen LogP contribution >= 0.6 is 0 Å². The van der Waals surface area contributed by atoms with Crippen LogP contribution in [-0.2, 0) is 13.2 Å². The summed E-state index contributed by atoms with van der Waals surface area (Å²) < 4.78 is 5.58. The summed E-state index contributed by atoms with van der Waals surface area (Å²) in [6, 6.07) is 11.0. The molecule has 17 heavy (non-hydrogen) atoms. The van der Waals surface area contributed by atoms with Gasteiger partial charge in [0.05, 0.1) is 6.61 Å². The number of aliphatic hydroxyl groups excluding tert-OH is 1. The Balaban J connectivity index is 1.99. The number of aliphatic hydroxyl groups is 1. The maximum atomic E-state index is 9.00. The number of hydrogen-bond acceptors (Lipinski definition) is 4. The first-order valence-corrected chi connectivity index (χ1v) is 5.31. The zero-order valence-corrected chi connectivity index (χ0v) is 9.34. The van der Waals surface area contributed by atoms with Crippen molar-refractivity contribution < 1.29 is 9.84 Å². The molecule has 0 saturated carbocycles. The van der Waals surface area contributed by atoms with Crippen LogP contribution in [0.4, 0.5) is 5.82 Å². The number of anilines is 1. The Kier molecular flexibility index (Phi) is 3.57. The van der Waals surface area contributed by atoms with E-state index in [-0.39, 0.29) is 6.61 Å². The Morgan fingerprint density at radius 1 is 1.18 bits per heavy atom. The molecule has 0 aliphatic heterocycles. The maximum absolute atomic E-state index is 9.00. The van der Waals surface area contributed by atoms with Gasteiger partial charge in [-0.2, -0.15) is 0 Å². The van der Waals surface area contributed by atoms with Gasteiger partial charge in [-0.05, 0) is 23.8 Å². The first-order chi connectivity index (χ1) is 8.28. The molecule has 0 saturated heterocycles. The van der Waals surface area contributed by atoms with Crippen LogP contribution < -0.4 is 10.5 Å². The van der Waals surface area contributed by atoms with Gasteiger partial charge in [0.25, 0.3) is 0 Å². The molecular formula is C13H14N2O2. The van der Waals surface area contributed by atoms with Gasteiger partial charge >= 0.3 is 0 Å². The highest BCUT2D eigenvalue weighted by Gasteiger charge is 1.98. The second kappa shape index (κ2) is 5.32. The van der Waals surface area contributed by atoms with E-state index in [4.69, 9.17) is 15.6 Å². The van der Waals surface area contributed by atoms with Crippen molar-refractivity contribution in [3.63, 3.8) is 0 Å². The molecule has 1 heterocycles. The SMILES string of the molecule is Nc1ccc(COc2cccc(CO)c2)cn1. The third-order valence-corrected chi connectivity index (χ3v) is 2.33. The Bertz CT molecular complexity index is 483. The van der Waals surface area contributed by atoms with E-state index in [2.05, 4.69) is 4.98 Å². The van der Waals surface area contributed by atoms with Crippen LogP contribution in [0.1, 0.15) is 11.1 Å². The minimum atomic E-state index is 0.0145. The van der Waals surface area contributed by atoms with Crippen molar-refractivity contribution in [1.29, 1.82) is 0 Å². The molecule has 1 aromatic heterocycles. The van der Waals surface area contributed by atoms with Crippen molar-refractivity contribution in [1.82, 2.24) is 4.98 Å². The van der Waals surface area contributed by atoms with Gasteiger partial charge in [0.15, 0.2) is 0 Å². The van der Waals surface area contributed by atoms with Crippen LogP contribution in [0.25, 0.3) is 0 Å². The maximum Gasteiger partial charge on any atom is 0.123 e. The Morgan fingerprint density at radius 3 is 2.76 bits per heavy atom. The van der Waals surface area contributed by atoms with Gasteiger partial charge in [-0.25, -0.2) is 4.98 Å². The minimum Gasteiger partial charge on any atom is -0.489 e. The van der Waals surface area contributed by atoms with E-state index in [0.29, 0.717) is 12.4 Å². The lowest BCUT2D eigenvalue weighted by Crippen LogP contribution is -1.98. The highest BCUT2D eigenvalue weighted by Crippen LogP contribution is 2.15. The highest BCUT2D eigenvalue weighted by atomic mass is 16.5. The van der Waals surface area contributed by atoms with Crippen LogP contribution in [0.15, 0.2) is 42.6 Å². The molecule has 1 aromatic carbocycles. The van der Waals surface area contributed by atoms with Gasteiger partial charge in [-0.15, -0.1) is 0 Å². The van der Waals surface area contributed by atoms with Crippen molar-refractivity contribution >= 4 is 5.82 Å². The van der Waals surface area contributed by atoms with Gasteiger partial charge in [0.1, 0.15) is 18.2 Å². The number of ether oxygens (including phenoxy) is 1. The normalized spacial score (nSPS) is 10.2. The second-order valence-corrected chi connectivity index (χ2v) is 3.69. The van der Waals surface area contributed by atoms with Crippen molar-refractivity contribution in [3.05, 3.63) is 53.7 Å². The lowest BCUT2D eigenvalue weighted by Gasteiger charge is -2.07. The molecule has 0 amide bonds. The van der Waals surface area contributed by atoms with Crippen LogP contribution in [0.3, 0.4) is 0 Å². The fourth-order valence-electron chi connectivity index (χ4n) is 1.42. The zero-order valence-electron chi connectivity index (χ0n) is 9.34. The molecule has 4 nitrogen and oxygen atoms in total. The molecule has 0 fully saturated rings. The summed E-state index contributed by atoms with van der Waals surface area (Å²) in [4.78, 5) is 3.98. The number of hydrogen-bond donors (Lipinski definition) is 2. The second-order valence-electron chi connectivity index (χ2n) is 3.69. The van der Waals surface area contributed by atoms with E-state index < -0.39 is 0 Å². The summed E-state index contributed by atoms with van der Waals surface area (Å²) >= 11 is 0. The van der Waals surface area contributed by atoms with Gasteiger partial charge in [0, 0.05) is 11.8 Å². The lowest BCUT2D eigenvalue weighted by atomic mass is 10.2. The molecule has 3 N–H and O–H groups in total. The molecule has 0 radical (unpaired) electrons. The van der Waals surface area contributed by atoms with E-state index in [9.17, 15) is 0 Å². The van der Waals surface area contributed by atoms with Crippen LogP contribution in [0.5, 0.6) is 5.75 Å². The Morgan fingerprint density at radius 2 is 2.06 bits per heavy atom. The van der Waals surface area contributed by atoms with Crippen molar-refractivity contribution in [2.24, 2.45) is 0 Å². The smallest absolute Gasteiger partial charge is 0.123 e. The molecule has 0 spiro atoms. The fraction of sp³-hybridized carbons (Fsp3) is 0.154. The average molecular weight is 230 g/mol. The summed E-state index contributed by atoms with van der Waals surface area (Å²) in [6.45, 7) is 0.447. The van der Waals surface area contributed by atoms with E-state index in [1.165, 1.54) is 0 Å². The van der Waals surface area contributed by atoms with Gasteiger partial charge in [-0.1, -0.05) is 18.2 Å². The Hall–Kier alpha value is -2.07. The number of nitrogens with zero attached hydrogens (tertiary/aromatic N) is 1. The average Bonchev–Trinajstić information content (AvgIpc) is 2.38.